The molecule has 1 heteroatoms. The highest BCUT2D eigenvalue weighted by Crippen LogP contribution is 2.57. The van der Waals surface area contributed by atoms with Crippen molar-refractivity contribution in [2.45, 2.75) is 57.8 Å². The molecule has 11 rings (SSSR count). The molecule has 0 fully saturated rings. The highest BCUT2D eigenvalue weighted by atomic mass is 15.1. The molecule has 0 N–H and O–H groups in total. The zero-order valence-corrected chi connectivity index (χ0v) is 34.2. The summed E-state index contributed by atoms with van der Waals surface area (Å²) in [6, 6.07) is 66.3. The summed E-state index contributed by atoms with van der Waals surface area (Å²) in [6.45, 7) is 14.3. The Morgan fingerprint density at radius 3 is 1.29 bits per heavy atom. The van der Waals surface area contributed by atoms with Crippen LogP contribution in [0, 0.1) is 0 Å². The average molecular weight is 746 g/mol. The van der Waals surface area contributed by atoms with Gasteiger partial charge in [0, 0.05) is 33.2 Å². The van der Waals surface area contributed by atoms with Crippen molar-refractivity contribution < 1.29 is 0 Å². The predicted octanol–water partition coefficient (Wildman–Crippen LogP) is 15.4. The Bertz CT molecular complexity index is 2870. The van der Waals surface area contributed by atoms with E-state index in [1.807, 2.05) is 0 Å². The van der Waals surface area contributed by atoms with Crippen molar-refractivity contribution in [1.82, 2.24) is 0 Å². The lowest BCUT2D eigenvalue weighted by Crippen LogP contribution is -2.18. The molecule has 0 saturated heterocycles. The van der Waals surface area contributed by atoms with Crippen molar-refractivity contribution >= 4 is 17.1 Å². The fourth-order valence-electron chi connectivity index (χ4n) is 10.9. The molecule has 0 aromatic heterocycles. The van der Waals surface area contributed by atoms with Crippen LogP contribution in [0.2, 0.25) is 0 Å². The van der Waals surface area contributed by atoms with Crippen LogP contribution in [0.3, 0.4) is 0 Å². The number of anilines is 3. The molecule has 3 aliphatic rings. The molecule has 0 bridgehead atoms. The molecule has 0 aliphatic heterocycles. The monoisotopic (exact) mass is 745 g/mol. The van der Waals surface area contributed by atoms with Crippen molar-refractivity contribution in [3.63, 3.8) is 0 Å². The van der Waals surface area contributed by atoms with Crippen LogP contribution in [0.5, 0.6) is 0 Å². The van der Waals surface area contributed by atoms with E-state index in [1.54, 1.807) is 0 Å². The molecule has 8 aromatic rings. The van der Waals surface area contributed by atoms with Gasteiger partial charge in [-0.25, -0.2) is 0 Å². The Balaban J connectivity index is 1.23. The number of rotatable bonds is 5. The van der Waals surface area contributed by atoms with E-state index in [-0.39, 0.29) is 16.2 Å². The minimum Gasteiger partial charge on any atom is -0.310 e. The maximum atomic E-state index is 2.56. The van der Waals surface area contributed by atoms with Gasteiger partial charge in [0.1, 0.15) is 0 Å². The van der Waals surface area contributed by atoms with Crippen molar-refractivity contribution in [2.24, 2.45) is 0 Å². The Hall–Kier alpha value is -6.44. The van der Waals surface area contributed by atoms with E-state index >= 15 is 0 Å². The Labute approximate surface area is 343 Å². The molecular weight excluding hydrogens is 699 g/mol. The summed E-state index contributed by atoms with van der Waals surface area (Å²) in [5, 5.41) is 0. The van der Waals surface area contributed by atoms with Crippen molar-refractivity contribution in [2.75, 3.05) is 4.90 Å². The van der Waals surface area contributed by atoms with Gasteiger partial charge in [-0.3, -0.25) is 0 Å². The number of benzene rings is 8. The van der Waals surface area contributed by atoms with Crippen LogP contribution in [-0.4, -0.2) is 0 Å². The van der Waals surface area contributed by atoms with Crippen molar-refractivity contribution in [1.29, 1.82) is 0 Å². The quantitative estimate of drug-likeness (QED) is 0.170. The van der Waals surface area contributed by atoms with E-state index in [4.69, 9.17) is 0 Å². The second-order valence-corrected chi connectivity index (χ2v) is 18.1. The molecule has 0 radical (unpaired) electrons. The lowest BCUT2D eigenvalue weighted by molar-refractivity contribution is 0.660. The first kappa shape index (κ1) is 34.8. The van der Waals surface area contributed by atoms with Crippen LogP contribution < -0.4 is 4.90 Å². The maximum Gasteiger partial charge on any atom is 0.0546 e. The topological polar surface area (TPSA) is 3.24 Å². The summed E-state index contributed by atoms with van der Waals surface area (Å²) in [7, 11) is 0. The van der Waals surface area contributed by atoms with Crippen LogP contribution in [0.15, 0.2) is 176 Å². The molecule has 0 atom stereocenters. The number of hydrogen-bond donors (Lipinski definition) is 0. The summed E-state index contributed by atoms with van der Waals surface area (Å²) in [5.41, 5.74) is 24.3. The SMILES string of the molecule is CC1(C)c2ccccc2-c2ccc(N(c3ccc4c(c3)C(C)(C)c3ccccc3-4)c3cccc(-c4ccccc4)c3-c3cccc4c3-c3ccccc3C4(C)C)cc21. The summed E-state index contributed by atoms with van der Waals surface area (Å²) in [5.74, 6) is 0. The minimum absolute atomic E-state index is 0.120. The largest absolute Gasteiger partial charge is 0.310 e. The zero-order chi connectivity index (χ0) is 39.6. The van der Waals surface area contributed by atoms with Crippen LogP contribution in [0.1, 0.15) is 74.9 Å². The Kier molecular flexibility index (Phi) is 7.36. The first-order valence-electron chi connectivity index (χ1n) is 20.8. The van der Waals surface area contributed by atoms with Gasteiger partial charge in [0.15, 0.2) is 0 Å². The molecule has 0 amide bonds. The Morgan fingerprint density at radius 1 is 0.293 bits per heavy atom. The number of nitrogens with zero attached hydrogens (tertiary/aromatic N) is 1. The number of hydrogen-bond acceptors (Lipinski definition) is 1. The van der Waals surface area contributed by atoms with Gasteiger partial charge < -0.3 is 4.90 Å². The average Bonchev–Trinajstić information content (AvgIpc) is 3.74. The van der Waals surface area contributed by atoms with Crippen LogP contribution >= 0.6 is 0 Å². The van der Waals surface area contributed by atoms with Gasteiger partial charge in [0.25, 0.3) is 0 Å². The second kappa shape index (κ2) is 12.3. The van der Waals surface area contributed by atoms with Crippen LogP contribution in [0.4, 0.5) is 17.1 Å². The third-order valence-electron chi connectivity index (χ3n) is 13.9. The smallest absolute Gasteiger partial charge is 0.0546 e. The second-order valence-electron chi connectivity index (χ2n) is 18.1. The molecule has 280 valence electrons. The van der Waals surface area contributed by atoms with Gasteiger partial charge in [0.05, 0.1) is 5.69 Å². The molecule has 58 heavy (non-hydrogen) atoms. The fourth-order valence-corrected chi connectivity index (χ4v) is 10.9. The van der Waals surface area contributed by atoms with E-state index in [0.717, 1.165) is 11.4 Å². The van der Waals surface area contributed by atoms with Crippen LogP contribution in [-0.2, 0) is 16.2 Å². The van der Waals surface area contributed by atoms with E-state index in [1.165, 1.54) is 94.7 Å². The molecular formula is C57H47N. The molecule has 0 heterocycles. The van der Waals surface area contributed by atoms with Crippen molar-refractivity contribution in [3.8, 4) is 55.6 Å². The highest BCUT2D eigenvalue weighted by Gasteiger charge is 2.40. The Morgan fingerprint density at radius 2 is 0.707 bits per heavy atom. The normalized spacial score (nSPS) is 15.5. The fraction of sp³-hybridized carbons (Fsp3) is 0.158. The lowest BCUT2D eigenvalue weighted by Gasteiger charge is -2.32. The first-order valence-corrected chi connectivity index (χ1v) is 20.8. The summed E-state index contributed by atoms with van der Waals surface area (Å²) < 4.78 is 0. The third kappa shape index (κ3) is 4.77. The molecule has 0 unspecified atom stereocenters. The van der Waals surface area contributed by atoms with E-state index < -0.39 is 0 Å². The number of fused-ring (bicyclic) bond motifs is 9. The maximum absolute atomic E-state index is 2.56. The van der Waals surface area contributed by atoms with Gasteiger partial charge in [0.2, 0.25) is 0 Å². The zero-order valence-electron chi connectivity index (χ0n) is 34.2. The third-order valence-corrected chi connectivity index (χ3v) is 13.9. The van der Waals surface area contributed by atoms with E-state index in [2.05, 4.69) is 222 Å². The van der Waals surface area contributed by atoms with Crippen molar-refractivity contribution in [3.05, 3.63) is 209 Å². The first-order chi connectivity index (χ1) is 28.1. The standard InChI is InChI=1S/C57H47N/c1-55(2)48-27-15-12-22-44(48)53-45(24-16-28-49(53)55)54-39(36-18-8-7-9-19-36)23-17-29-52(54)58(37-30-32-42-40-20-10-13-25-46(40)56(3,4)50(42)34-37)38-31-33-43-41-21-11-14-26-47(41)57(5,6)51(43)35-38/h7-35H,1-6H3. The summed E-state index contributed by atoms with van der Waals surface area (Å²) in [6.07, 6.45) is 0. The molecule has 0 spiro atoms. The van der Waals surface area contributed by atoms with Gasteiger partial charge in [-0.1, -0.05) is 187 Å². The van der Waals surface area contributed by atoms with Crippen LogP contribution in [0.25, 0.3) is 55.6 Å². The van der Waals surface area contributed by atoms with Gasteiger partial charge >= 0.3 is 0 Å². The van der Waals surface area contributed by atoms with Gasteiger partial charge in [-0.05, 0) is 114 Å². The molecule has 0 saturated carbocycles. The minimum atomic E-state index is -0.139. The lowest BCUT2D eigenvalue weighted by atomic mass is 9.81. The highest BCUT2D eigenvalue weighted by molar-refractivity contribution is 6.04. The van der Waals surface area contributed by atoms with E-state index in [0.29, 0.717) is 0 Å². The molecule has 1 nitrogen and oxygen atoms in total. The van der Waals surface area contributed by atoms with Gasteiger partial charge in [-0.15, -0.1) is 0 Å². The predicted molar refractivity (Wildman–Crippen MR) is 245 cm³/mol. The van der Waals surface area contributed by atoms with E-state index in [9.17, 15) is 0 Å². The molecule has 8 aromatic carbocycles. The summed E-state index contributed by atoms with van der Waals surface area (Å²) in [4.78, 5) is 2.56. The van der Waals surface area contributed by atoms with Gasteiger partial charge in [-0.2, -0.15) is 0 Å². The summed E-state index contributed by atoms with van der Waals surface area (Å²) >= 11 is 0. The molecule has 3 aliphatic carbocycles.